The highest BCUT2D eigenvalue weighted by Gasteiger charge is 2.29. The summed E-state index contributed by atoms with van der Waals surface area (Å²) in [4.78, 5) is 15.5. The maximum absolute atomic E-state index is 14.1. The molecule has 1 aliphatic rings. The maximum Gasteiger partial charge on any atom is 0.254 e. The third-order valence-corrected chi connectivity index (χ3v) is 6.70. The molecule has 5 rings (SSSR count). The Balaban J connectivity index is 1.60. The lowest BCUT2D eigenvalue weighted by molar-refractivity contribution is 0.0505. The first-order valence-corrected chi connectivity index (χ1v) is 13.2. The second-order valence-corrected chi connectivity index (χ2v) is 9.96. The van der Waals surface area contributed by atoms with Gasteiger partial charge in [0.1, 0.15) is 17.4 Å². The second-order valence-electron chi connectivity index (χ2n) is 9.96. The van der Waals surface area contributed by atoms with E-state index in [1.54, 1.807) is 21.7 Å². The van der Waals surface area contributed by atoms with Gasteiger partial charge in [-0.3, -0.25) is 4.79 Å². The summed E-state index contributed by atoms with van der Waals surface area (Å²) in [5, 5.41) is 4.91. The molecule has 8 heteroatoms. The average Bonchev–Trinajstić information content (AvgIpc) is 3.57. The number of hydrogen-bond donors (Lipinski definition) is 0. The summed E-state index contributed by atoms with van der Waals surface area (Å²) >= 11 is 0. The number of benzene rings is 3. The van der Waals surface area contributed by atoms with E-state index < -0.39 is 11.6 Å². The van der Waals surface area contributed by atoms with Crippen molar-refractivity contribution >= 4 is 5.91 Å². The average molecular weight is 532 g/mol. The molecule has 1 aliphatic heterocycles. The van der Waals surface area contributed by atoms with Crippen molar-refractivity contribution in [2.24, 2.45) is 0 Å². The molecular weight excluding hydrogens is 500 g/mol. The van der Waals surface area contributed by atoms with E-state index in [4.69, 9.17) is 14.6 Å². The molecule has 1 fully saturated rings. The van der Waals surface area contributed by atoms with Gasteiger partial charge in [-0.1, -0.05) is 38.1 Å². The maximum atomic E-state index is 14.1. The van der Waals surface area contributed by atoms with Crippen LogP contribution in [0.3, 0.4) is 0 Å². The summed E-state index contributed by atoms with van der Waals surface area (Å²) in [6.07, 6.45) is 1.68. The van der Waals surface area contributed by atoms with E-state index >= 15 is 0 Å². The largest absolute Gasteiger partial charge is 0.438 e. The number of nitrogens with zero attached hydrogens (tertiary/aromatic N) is 3. The Bertz CT molecular complexity index is 1420. The molecule has 2 heterocycles. The SMILES string of the molecule is CC(C)c1nn(-c2ccccc2)c(Oc2cccc(F)c2)c1CN(C[C@@H]1CCCO1)C(=O)c1ccc(F)cc1. The van der Waals surface area contributed by atoms with E-state index in [1.807, 2.05) is 44.2 Å². The number of para-hydroxylation sites is 1. The van der Waals surface area contributed by atoms with E-state index in [0.29, 0.717) is 35.9 Å². The summed E-state index contributed by atoms with van der Waals surface area (Å²) < 4.78 is 41.6. The van der Waals surface area contributed by atoms with E-state index in [9.17, 15) is 13.6 Å². The lowest BCUT2D eigenvalue weighted by atomic mass is 10.0. The highest BCUT2D eigenvalue weighted by Crippen LogP contribution is 2.35. The van der Waals surface area contributed by atoms with Crippen molar-refractivity contribution in [2.75, 3.05) is 13.2 Å². The topological polar surface area (TPSA) is 56.6 Å². The number of amides is 1. The molecule has 0 radical (unpaired) electrons. The predicted octanol–water partition coefficient (Wildman–Crippen LogP) is 6.89. The van der Waals surface area contributed by atoms with E-state index in [0.717, 1.165) is 24.2 Å². The normalized spacial score (nSPS) is 15.1. The molecule has 1 aromatic heterocycles. The minimum Gasteiger partial charge on any atom is -0.438 e. The van der Waals surface area contributed by atoms with Crippen LogP contribution in [-0.2, 0) is 11.3 Å². The van der Waals surface area contributed by atoms with Gasteiger partial charge in [-0.15, -0.1) is 0 Å². The zero-order chi connectivity index (χ0) is 27.4. The quantitative estimate of drug-likeness (QED) is 0.236. The van der Waals surface area contributed by atoms with Crippen LogP contribution in [-0.4, -0.2) is 39.8 Å². The van der Waals surface area contributed by atoms with Crippen LogP contribution in [0.4, 0.5) is 8.78 Å². The van der Waals surface area contributed by atoms with Crippen molar-refractivity contribution < 1.29 is 23.0 Å². The van der Waals surface area contributed by atoms with Gasteiger partial charge in [0.25, 0.3) is 5.91 Å². The number of halogens is 2. The first kappa shape index (κ1) is 26.6. The molecule has 1 amide bonds. The summed E-state index contributed by atoms with van der Waals surface area (Å²) in [7, 11) is 0. The standard InChI is InChI=1S/C31H31F2N3O3/c1-21(2)29-28(20-35(19-27-12-7-17-38-27)30(37)22-13-15-23(32)16-14-22)31(39-26-11-6-8-24(33)18-26)36(34-29)25-9-4-3-5-10-25/h3-6,8-11,13-16,18,21,27H,7,12,17,19-20H2,1-2H3/t27-/m0/s1. The van der Waals surface area contributed by atoms with E-state index in [2.05, 4.69) is 0 Å². The molecule has 202 valence electrons. The van der Waals surface area contributed by atoms with Crippen LogP contribution in [0.25, 0.3) is 5.69 Å². The number of carbonyl (C=O) groups is 1. The number of carbonyl (C=O) groups excluding carboxylic acids is 1. The van der Waals surface area contributed by atoms with Gasteiger partial charge in [-0.2, -0.15) is 5.10 Å². The van der Waals surface area contributed by atoms with E-state index in [1.165, 1.54) is 36.4 Å². The Morgan fingerprint density at radius 1 is 1.05 bits per heavy atom. The van der Waals surface area contributed by atoms with Crippen LogP contribution in [0.15, 0.2) is 78.9 Å². The van der Waals surface area contributed by atoms with Gasteiger partial charge in [0, 0.05) is 24.8 Å². The molecule has 0 aliphatic carbocycles. The van der Waals surface area contributed by atoms with Crippen LogP contribution in [0.2, 0.25) is 0 Å². The van der Waals surface area contributed by atoms with Crippen LogP contribution < -0.4 is 4.74 Å². The predicted molar refractivity (Wildman–Crippen MR) is 144 cm³/mol. The molecular formula is C31H31F2N3O3. The third kappa shape index (κ3) is 6.17. The van der Waals surface area contributed by atoms with Crippen molar-refractivity contribution in [3.05, 3.63) is 107 Å². The van der Waals surface area contributed by atoms with Gasteiger partial charge in [0.05, 0.1) is 29.6 Å². The molecule has 0 spiro atoms. The Kier molecular flexibility index (Phi) is 8.02. The Labute approximate surface area is 226 Å². The van der Waals surface area contributed by atoms with Crippen molar-refractivity contribution in [3.63, 3.8) is 0 Å². The Morgan fingerprint density at radius 3 is 2.49 bits per heavy atom. The van der Waals surface area contributed by atoms with Gasteiger partial charge in [0.15, 0.2) is 0 Å². The Morgan fingerprint density at radius 2 is 1.82 bits per heavy atom. The number of hydrogen-bond acceptors (Lipinski definition) is 4. The lowest BCUT2D eigenvalue weighted by Crippen LogP contribution is -2.37. The molecule has 0 unspecified atom stereocenters. The highest BCUT2D eigenvalue weighted by molar-refractivity contribution is 5.94. The van der Waals surface area contributed by atoms with Gasteiger partial charge in [-0.25, -0.2) is 13.5 Å². The number of aromatic nitrogens is 2. The summed E-state index contributed by atoms with van der Waals surface area (Å²) in [5.74, 6) is -0.349. The first-order valence-electron chi connectivity index (χ1n) is 13.2. The van der Waals surface area contributed by atoms with Crippen molar-refractivity contribution in [1.82, 2.24) is 14.7 Å². The fraction of sp³-hybridized carbons (Fsp3) is 0.290. The molecule has 0 bridgehead atoms. The fourth-order valence-electron chi connectivity index (χ4n) is 4.77. The van der Waals surface area contributed by atoms with Crippen LogP contribution in [0.5, 0.6) is 11.6 Å². The van der Waals surface area contributed by atoms with Gasteiger partial charge in [-0.05, 0) is 67.3 Å². The van der Waals surface area contributed by atoms with Gasteiger partial charge in [0.2, 0.25) is 5.88 Å². The highest BCUT2D eigenvalue weighted by atomic mass is 19.1. The summed E-state index contributed by atoms with van der Waals surface area (Å²) in [5.41, 5.74) is 2.62. The van der Waals surface area contributed by atoms with Crippen molar-refractivity contribution in [1.29, 1.82) is 0 Å². The molecule has 0 N–H and O–H groups in total. The van der Waals surface area contributed by atoms with Gasteiger partial charge >= 0.3 is 0 Å². The number of ether oxygens (including phenoxy) is 2. The van der Waals surface area contributed by atoms with Gasteiger partial charge < -0.3 is 14.4 Å². The zero-order valence-electron chi connectivity index (χ0n) is 22.0. The minimum absolute atomic E-state index is 0.00493. The molecule has 4 aromatic rings. The zero-order valence-corrected chi connectivity index (χ0v) is 22.0. The Hall–Kier alpha value is -4.04. The monoisotopic (exact) mass is 531 g/mol. The summed E-state index contributed by atoms with van der Waals surface area (Å²) in [6.45, 7) is 5.25. The molecule has 3 aromatic carbocycles. The smallest absolute Gasteiger partial charge is 0.254 e. The molecule has 1 saturated heterocycles. The van der Waals surface area contributed by atoms with Crippen LogP contribution >= 0.6 is 0 Å². The lowest BCUT2D eigenvalue weighted by Gasteiger charge is -2.26. The second kappa shape index (κ2) is 11.8. The van der Waals surface area contributed by atoms with E-state index in [-0.39, 0.29) is 24.5 Å². The fourth-order valence-corrected chi connectivity index (χ4v) is 4.77. The first-order chi connectivity index (χ1) is 18.9. The van der Waals surface area contributed by atoms with Crippen molar-refractivity contribution in [3.8, 4) is 17.3 Å². The minimum atomic E-state index is -0.421. The number of rotatable bonds is 9. The molecule has 1 atom stereocenters. The van der Waals surface area contributed by atoms with Crippen LogP contribution in [0, 0.1) is 11.6 Å². The summed E-state index contributed by atoms with van der Waals surface area (Å²) in [6, 6.07) is 21.0. The molecule has 6 nitrogen and oxygen atoms in total. The third-order valence-electron chi connectivity index (χ3n) is 6.70. The van der Waals surface area contributed by atoms with Crippen LogP contribution in [0.1, 0.15) is 54.2 Å². The van der Waals surface area contributed by atoms with Crippen molar-refractivity contribution in [2.45, 2.75) is 45.3 Å². The molecule has 39 heavy (non-hydrogen) atoms. The molecule has 0 saturated carbocycles.